The van der Waals surface area contributed by atoms with Gasteiger partial charge in [0.05, 0.1) is 88.8 Å². The lowest BCUT2D eigenvalue weighted by Crippen LogP contribution is -2.40. The number of unbranched alkanes of at least 4 members (excludes halogenated alkanes) is 1. The monoisotopic (exact) mass is 809 g/mol. The van der Waals surface area contributed by atoms with Crippen LogP contribution in [-0.4, -0.2) is 130 Å². The van der Waals surface area contributed by atoms with Gasteiger partial charge in [-0.1, -0.05) is 43.2 Å². The van der Waals surface area contributed by atoms with Crippen LogP contribution in [0.1, 0.15) is 69.7 Å². The Kier molecular flexibility index (Phi) is 27.6. The Labute approximate surface area is 327 Å². The van der Waals surface area contributed by atoms with Crippen molar-refractivity contribution in [1.82, 2.24) is 14.9 Å². The molecule has 0 aliphatic carbocycles. The largest absolute Gasteiger partial charge is 0.493 e. The molecular formula is C36H63N3O9S4. The molecule has 2 heterocycles. The smallest absolute Gasteiger partial charge is 0.123 e. The number of nitrogens with zero attached hydrogens (tertiary/aromatic N) is 3. The first-order valence-corrected chi connectivity index (χ1v) is 22.6. The van der Waals surface area contributed by atoms with E-state index in [-0.39, 0.29) is 31.2 Å². The Morgan fingerprint density at radius 3 is 1.52 bits per heavy atom. The van der Waals surface area contributed by atoms with Crippen LogP contribution in [-0.2, 0) is 40.6 Å². The zero-order chi connectivity index (χ0) is 38.7. The van der Waals surface area contributed by atoms with E-state index in [4.69, 9.17) is 33.9 Å². The number of aliphatic hydroxyl groups is 4. The summed E-state index contributed by atoms with van der Waals surface area (Å²) >= 11 is 0. The van der Waals surface area contributed by atoms with E-state index in [2.05, 4.69) is 55.1 Å². The number of aliphatic hydroxyl groups excluding tert-OH is 4. The highest BCUT2D eigenvalue weighted by molar-refractivity contribution is 8.77. The fourth-order valence-corrected chi connectivity index (χ4v) is 9.33. The van der Waals surface area contributed by atoms with Crippen molar-refractivity contribution < 1.29 is 44.1 Å². The molecule has 0 aliphatic rings. The third-order valence-electron chi connectivity index (χ3n) is 7.15. The molecule has 0 atom stereocenters. The van der Waals surface area contributed by atoms with Gasteiger partial charge >= 0.3 is 0 Å². The first-order valence-electron chi connectivity index (χ1n) is 17.4. The van der Waals surface area contributed by atoms with Gasteiger partial charge in [-0.25, -0.2) is 0 Å². The second-order valence-corrected chi connectivity index (χ2v) is 19.1. The molecule has 0 amide bonds. The molecular weight excluding hydrogens is 747 g/mol. The minimum absolute atomic E-state index is 0.0907. The van der Waals surface area contributed by atoms with Crippen LogP contribution in [0, 0.1) is 0 Å². The normalized spacial score (nSPS) is 11.8. The van der Waals surface area contributed by atoms with Crippen LogP contribution in [0.3, 0.4) is 0 Å². The second kappa shape index (κ2) is 29.3. The van der Waals surface area contributed by atoms with Gasteiger partial charge in [0.15, 0.2) is 0 Å². The van der Waals surface area contributed by atoms with Crippen LogP contribution in [0.2, 0.25) is 0 Å². The van der Waals surface area contributed by atoms with E-state index in [1.165, 1.54) is 0 Å². The molecule has 0 spiro atoms. The summed E-state index contributed by atoms with van der Waals surface area (Å²) < 4.78 is 28.0. The Hall–Kier alpha value is -1.02. The summed E-state index contributed by atoms with van der Waals surface area (Å²) in [4.78, 5) is 10.5. The van der Waals surface area contributed by atoms with E-state index in [1.807, 2.05) is 32.4 Å². The van der Waals surface area contributed by atoms with Crippen molar-refractivity contribution in [2.45, 2.75) is 82.9 Å². The van der Waals surface area contributed by atoms with Crippen molar-refractivity contribution in [2.24, 2.45) is 0 Å². The minimum atomic E-state index is -0.192. The van der Waals surface area contributed by atoms with E-state index >= 15 is 0 Å². The summed E-state index contributed by atoms with van der Waals surface area (Å²) in [5, 5.41) is 36.9. The van der Waals surface area contributed by atoms with Crippen molar-refractivity contribution in [3.05, 3.63) is 47.0 Å². The SMILES string of the molecule is COCCOCCOCCN(CCOc1cc(CO)nc(CO)c1)CC(C)(C)SSC.CSSC(C)(C)CCCCOc1cc(CO)nc(CO)c1. The van der Waals surface area contributed by atoms with E-state index < -0.39 is 0 Å². The first-order chi connectivity index (χ1) is 24.9. The predicted octanol–water partition coefficient (Wildman–Crippen LogP) is 5.62. The van der Waals surface area contributed by atoms with Crippen molar-refractivity contribution in [3.8, 4) is 11.5 Å². The molecule has 0 saturated heterocycles. The van der Waals surface area contributed by atoms with Crippen LogP contribution in [0.4, 0.5) is 0 Å². The van der Waals surface area contributed by atoms with Gasteiger partial charge in [-0.3, -0.25) is 14.9 Å². The van der Waals surface area contributed by atoms with Gasteiger partial charge in [0.25, 0.3) is 0 Å². The molecule has 2 aromatic heterocycles. The number of rotatable bonds is 29. The minimum Gasteiger partial charge on any atom is -0.493 e. The number of methoxy groups -OCH3 is 1. The third kappa shape index (κ3) is 23.7. The molecule has 52 heavy (non-hydrogen) atoms. The lowest BCUT2D eigenvalue weighted by Gasteiger charge is -2.31. The topological polar surface area (TPSA) is 156 Å². The number of ether oxygens (including phenoxy) is 5. The Morgan fingerprint density at radius 1 is 0.596 bits per heavy atom. The molecule has 300 valence electrons. The van der Waals surface area contributed by atoms with Gasteiger partial charge in [-0.05, 0) is 59.5 Å². The van der Waals surface area contributed by atoms with Gasteiger partial charge in [-0.15, -0.1) is 0 Å². The summed E-state index contributed by atoms with van der Waals surface area (Å²) in [5.74, 6) is 1.26. The molecule has 0 aliphatic heterocycles. The van der Waals surface area contributed by atoms with Gasteiger partial charge in [0.2, 0.25) is 0 Å². The standard InChI is InChI=1S/C21H38N2O6S2.C15H25NO3S2/c1-21(2,31-30-4)17-23(5-7-27-11-12-28-10-9-26-3)6-8-29-20-13-18(15-24)22-19(14-20)16-25;1-15(2,21-20-3)6-4-5-7-19-14-8-12(10-17)16-13(9-14)11-18/h13-14,24-25H,5-12,15-17H2,1-4H3;8-9,17-18H,4-7,10-11H2,1-3H3. The summed E-state index contributed by atoms with van der Waals surface area (Å²) in [6.45, 7) is 14.8. The van der Waals surface area contributed by atoms with Crippen LogP contribution in [0.5, 0.6) is 11.5 Å². The highest BCUT2D eigenvalue weighted by atomic mass is 33.1. The maximum atomic E-state index is 9.33. The zero-order valence-electron chi connectivity index (χ0n) is 32.1. The summed E-state index contributed by atoms with van der Waals surface area (Å²) in [6, 6.07) is 6.83. The molecule has 16 heteroatoms. The first kappa shape index (κ1) is 49.0. The van der Waals surface area contributed by atoms with Gasteiger partial charge in [-0.2, -0.15) is 0 Å². The second-order valence-electron chi connectivity index (χ2n) is 12.9. The fourth-order valence-electron chi connectivity index (χ4n) is 4.85. The molecule has 0 saturated carbocycles. The number of hydrogen-bond donors (Lipinski definition) is 4. The highest BCUT2D eigenvalue weighted by Gasteiger charge is 2.22. The summed E-state index contributed by atoms with van der Waals surface area (Å²) in [6.07, 6.45) is 7.46. The predicted molar refractivity (Wildman–Crippen MR) is 217 cm³/mol. The van der Waals surface area contributed by atoms with E-state index in [0.29, 0.717) is 85.3 Å². The Morgan fingerprint density at radius 2 is 1.04 bits per heavy atom. The molecule has 0 fully saturated rings. The van der Waals surface area contributed by atoms with Crippen molar-refractivity contribution in [2.75, 3.05) is 85.5 Å². The van der Waals surface area contributed by atoms with Crippen LogP contribution >= 0.6 is 43.2 Å². The highest BCUT2D eigenvalue weighted by Crippen LogP contribution is 2.37. The third-order valence-corrected chi connectivity index (χ3v) is 12.4. The van der Waals surface area contributed by atoms with Crippen molar-refractivity contribution in [1.29, 1.82) is 0 Å². The maximum Gasteiger partial charge on any atom is 0.123 e. The molecule has 0 bridgehead atoms. The van der Waals surface area contributed by atoms with Crippen LogP contribution in [0.15, 0.2) is 24.3 Å². The van der Waals surface area contributed by atoms with Crippen molar-refractivity contribution in [3.63, 3.8) is 0 Å². The van der Waals surface area contributed by atoms with E-state index in [0.717, 1.165) is 38.9 Å². The van der Waals surface area contributed by atoms with Gasteiger partial charge < -0.3 is 44.1 Å². The van der Waals surface area contributed by atoms with E-state index in [9.17, 15) is 10.2 Å². The zero-order valence-corrected chi connectivity index (χ0v) is 35.4. The van der Waals surface area contributed by atoms with Crippen molar-refractivity contribution >= 4 is 43.2 Å². The summed E-state index contributed by atoms with van der Waals surface area (Å²) in [5.41, 5.74) is 2.01. The lowest BCUT2D eigenvalue weighted by molar-refractivity contribution is 0.0184. The number of aromatic nitrogens is 2. The maximum absolute atomic E-state index is 9.33. The number of pyridine rings is 2. The van der Waals surface area contributed by atoms with E-state index in [1.54, 1.807) is 42.2 Å². The molecule has 0 radical (unpaired) electrons. The van der Waals surface area contributed by atoms with Crippen LogP contribution in [0.25, 0.3) is 0 Å². The Balaban J connectivity index is 0.000000560. The average Bonchev–Trinajstić information content (AvgIpc) is 3.12. The summed E-state index contributed by atoms with van der Waals surface area (Å²) in [7, 11) is 8.99. The van der Waals surface area contributed by atoms with Gasteiger partial charge in [0, 0.05) is 60.5 Å². The molecule has 2 rings (SSSR count). The van der Waals surface area contributed by atoms with Crippen LogP contribution < -0.4 is 9.47 Å². The molecule has 0 aromatic carbocycles. The molecule has 4 N–H and O–H groups in total. The molecule has 0 unspecified atom stereocenters. The quantitative estimate of drug-likeness (QED) is 0.0593. The molecule has 2 aromatic rings. The number of hydrogen-bond acceptors (Lipinski definition) is 16. The Bertz CT molecular complexity index is 1160. The lowest BCUT2D eigenvalue weighted by atomic mass is 10.1. The molecule has 12 nitrogen and oxygen atoms in total. The fraction of sp³-hybridized carbons (Fsp3) is 0.722. The van der Waals surface area contributed by atoms with Gasteiger partial charge in [0.1, 0.15) is 18.1 Å². The average molecular weight is 810 g/mol.